The normalized spacial score (nSPS) is 15.7. The van der Waals surface area contributed by atoms with E-state index in [0.717, 1.165) is 11.4 Å². The van der Waals surface area contributed by atoms with E-state index in [0.29, 0.717) is 55.6 Å². The van der Waals surface area contributed by atoms with Crippen molar-refractivity contribution in [1.82, 2.24) is 24.8 Å². The number of hydrogen-bond donors (Lipinski definition) is 1. The van der Waals surface area contributed by atoms with Crippen LogP contribution in [0.1, 0.15) is 62.1 Å². The molecule has 0 unspecified atom stereocenters. The summed E-state index contributed by atoms with van der Waals surface area (Å²) in [6.07, 6.45) is 1.32. The molecule has 2 aliphatic rings. The highest BCUT2D eigenvalue weighted by Crippen LogP contribution is 2.32. The quantitative estimate of drug-likeness (QED) is 0.468. The van der Waals surface area contributed by atoms with E-state index in [9.17, 15) is 14.4 Å². The molecule has 2 aliphatic heterocycles. The van der Waals surface area contributed by atoms with E-state index in [-0.39, 0.29) is 23.4 Å². The van der Waals surface area contributed by atoms with Gasteiger partial charge in [0, 0.05) is 37.8 Å². The molecule has 0 radical (unpaired) electrons. The molecule has 37 heavy (non-hydrogen) atoms. The molecular formula is C29H27N5O3. The summed E-state index contributed by atoms with van der Waals surface area (Å²) < 4.78 is 0. The molecule has 8 heteroatoms. The SMILES string of the molecule is Cc1ccc(C(=O)N2Cc3ccccc3C2)c(C2CCN(C(=O)c3nc4ccccc4[nH]c3=O)CC2)n1. The Morgan fingerprint density at radius 2 is 1.51 bits per heavy atom. The largest absolute Gasteiger partial charge is 0.337 e. The Balaban J connectivity index is 1.20. The van der Waals surface area contributed by atoms with Gasteiger partial charge < -0.3 is 14.8 Å². The van der Waals surface area contributed by atoms with E-state index >= 15 is 0 Å². The van der Waals surface area contributed by atoms with E-state index in [4.69, 9.17) is 4.98 Å². The van der Waals surface area contributed by atoms with Crippen LogP contribution in [-0.4, -0.2) is 49.7 Å². The van der Waals surface area contributed by atoms with Crippen molar-refractivity contribution in [3.8, 4) is 0 Å². The summed E-state index contributed by atoms with van der Waals surface area (Å²) >= 11 is 0. The first kappa shape index (κ1) is 23.1. The van der Waals surface area contributed by atoms with Gasteiger partial charge in [-0.05, 0) is 55.2 Å². The zero-order valence-corrected chi connectivity index (χ0v) is 20.6. The number of para-hydroxylation sites is 2. The van der Waals surface area contributed by atoms with Gasteiger partial charge in [0.1, 0.15) is 0 Å². The first-order valence-corrected chi connectivity index (χ1v) is 12.6. The number of nitrogens with zero attached hydrogens (tertiary/aromatic N) is 4. The van der Waals surface area contributed by atoms with Crippen molar-refractivity contribution in [2.45, 2.75) is 38.8 Å². The molecule has 0 bridgehead atoms. The number of rotatable bonds is 3. The number of carbonyl (C=O) groups excluding carboxylic acids is 2. The summed E-state index contributed by atoms with van der Waals surface area (Å²) in [6.45, 7) is 4.07. The van der Waals surface area contributed by atoms with Crippen molar-refractivity contribution < 1.29 is 9.59 Å². The second-order valence-electron chi connectivity index (χ2n) is 9.81. The zero-order valence-electron chi connectivity index (χ0n) is 20.6. The molecule has 2 aromatic carbocycles. The van der Waals surface area contributed by atoms with Gasteiger partial charge in [0.05, 0.1) is 22.3 Å². The van der Waals surface area contributed by atoms with Gasteiger partial charge in [-0.3, -0.25) is 19.4 Å². The van der Waals surface area contributed by atoms with Gasteiger partial charge in [0.15, 0.2) is 5.69 Å². The number of H-pyrrole nitrogens is 1. The number of likely N-dealkylation sites (tertiary alicyclic amines) is 1. The van der Waals surface area contributed by atoms with Gasteiger partial charge in [-0.2, -0.15) is 0 Å². The predicted octanol–water partition coefficient (Wildman–Crippen LogP) is 3.80. The van der Waals surface area contributed by atoms with Crippen LogP contribution in [0.2, 0.25) is 0 Å². The Hall–Kier alpha value is -4.33. The monoisotopic (exact) mass is 493 g/mol. The number of fused-ring (bicyclic) bond motifs is 2. The van der Waals surface area contributed by atoms with Crippen LogP contribution >= 0.6 is 0 Å². The number of hydrogen-bond acceptors (Lipinski definition) is 5. The number of aromatic amines is 1. The molecule has 6 rings (SSSR count). The maximum Gasteiger partial charge on any atom is 0.280 e. The fraction of sp³-hybridized carbons (Fsp3) is 0.276. The van der Waals surface area contributed by atoms with Crippen molar-refractivity contribution in [3.63, 3.8) is 0 Å². The van der Waals surface area contributed by atoms with Crippen LogP contribution in [0.4, 0.5) is 0 Å². The summed E-state index contributed by atoms with van der Waals surface area (Å²) in [4.78, 5) is 54.7. The molecule has 186 valence electrons. The minimum atomic E-state index is -0.481. The summed E-state index contributed by atoms with van der Waals surface area (Å²) in [6, 6.07) is 19.1. The summed E-state index contributed by atoms with van der Waals surface area (Å²) in [5.74, 6) is -0.325. The highest BCUT2D eigenvalue weighted by molar-refractivity contribution is 5.96. The van der Waals surface area contributed by atoms with E-state index < -0.39 is 5.56 Å². The Morgan fingerprint density at radius 3 is 2.24 bits per heavy atom. The minimum Gasteiger partial charge on any atom is -0.337 e. The van der Waals surface area contributed by atoms with Crippen LogP contribution < -0.4 is 5.56 Å². The van der Waals surface area contributed by atoms with Gasteiger partial charge >= 0.3 is 0 Å². The number of amides is 2. The minimum absolute atomic E-state index is 0.0101. The van der Waals surface area contributed by atoms with Crippen LogP contribution in [-0.2, 0) is 13.1 Å². The number of piperidine rings is 1. The second kappa shape index (κ2) is 9.28. The Bertz CT molecular complexity index is 1560. The van der Waals surface area contributed by atoms with E-state index in [1.165, 1.54) is 11.1 Å². The highest BCUT2D eigenvalue weighted by atomic mass is 16.2. The summed E-state index contributed by atoms with van der Waals surface area (Å²) in [5.41, 5.74) is 5.28. The number of aromatic nitrogens is 3. The summed E-state index contributed by atoms with van der Waals surface area (Å²) in [5, 5.41) is 0. The maximum absolute atomic E-state index is 13.6. The van der Waals surface area contributed by atoms with Gasteiger partial charge in [-0.15, -0.1) is 0 Å². The molecule has 4 heterocycles. The van der Waals surface area contributed by atoms with Crippen molar-refractivity contribution in [1.29, 1.82) is 0 Å². The third kappa shape index (κ3) is 4.28. The average molecular weight is 494 g/mol. The van der Waals surface area contributed by atoms with Crippen molar-refractivity contribution in [2.75, 3.05) is 13.1 Å². The third-order valence-corrected chi connectivity index (χ3v) is 7.39. The predicted molar refractivity (Wildman–Crippen MR) is 139 cm³/mol. The van der Waals surface area contributed by atoms with Crippen LogP contribution in [0.15, 0.2) is 65.5 Å². The summed E-state index contributed by atoms with van der Waals surface area (Å²) in [7, 11) is 0. The molecule has 2 amide bonds. The fourth-order valence-electron chi connectivity index (χ4n) is 5.40. The molecule has 1 N–H and O–H groups in total. The number of aryl methyl sites for hydroxylation is 1. The first-order valence-electron chi connectivity index (χ1n) is 12.6. The smallest absolute Gasteiger partial charge is 0.280 e. The topological polar surface area (TPSA) is 99.3 Å². The highest BCUT2D eigenvalue weighted by Gasteiger charge is 2.32. The van der Waals surface area contributed by atoms with E-state index in [1.54, 1.807) is 17.0 Å². The number of carbonyl (C=O) groups is 2. The molecule has 0 aliphatic carbocycles. The molecule has 1 saturated heterocycles. The average Bonchev–Trinajstić information content (AvgIpc) is 3.36. The standard InChI is InChI=1S/C29H27N5O3/c1-18-10-11-22(28(36)34-16-20-6-2-3-7-21(20)17-34)25(30-18)19-12-14-33(15-13-19)29(37)26-27(35)32-24-9-5-4-8-23(24)31-26/h2-11,19H,12-17H2,1H3,(H,32,35). The van der Waals surface area contributed by atoms with Crippen LogP contribution in [0.3, 0.4) is 0 Å². The lowest BCUT2D eigenvalue weighted by molar-refractivity contribution is 0.0696. The molecule has 0 atom stereocenters. The molecule has 1 fully saturated rings. The van der Waals surface area contributed by atoms with Crippen LogP contribution in [0.5, 0.6) is 0 Å². The van der Waals surface area contributed by atoms with Crippen molar-refractivity contribution in [3.05, 3.63) is 105 Å². The number of pyridine rings is 1. The van der Waals surface area contributed by atoms with E-state index in [2.05, 4.69) is 22.1 Å². The molecule has 2 aromatic heterocycles. The lowest BCUT2D eigenvalue weighted by atomic mass is 9.89. The molecule has 4 aromatic rings. The Morgan fingerprint density at radius 1 is 0.838 bits per heavy atom. The lowest BCUT2D eigenvalue weighted by Crippen LogP contribution is -2.41. The van der Waals surface area contributed by atoms with Crippen LogP contribution in [0, 0.1) is 6.92 Å². The molecule has 0 spiro atoms. The number of benzene rings is 2. The van der Waals surface area contributed by atoms with Gasteiger partial charge in [0.2, 0.25) is 0 Å². The lowest BCUT2D eigenvalue weighted by Gasteiger charge is -2.32. The van der Waals surface area contributed by atoms with E-state index in [1.807, 2.05) is 48.2 Å². The Kier molecular flexibility index (Phi) is 5.79. The first-order chi connectivity index (χ1) is 18.0. The van der Waals surface area contributed by atoms with Gasteiger partial charge in [-0.1, -0.05) is 36.4 Å². The van der Waals surface area contributed by atoms with Crippen molar-refractivity contribution >= 4 is 22.8 Å². The fourth-order valence-corrected chi connectivity index (χ4v) is 5.40. The Labute approximate surface area is 214 Å². The zero-order chi connectivity index (χ0) is 25.5. The van der Waals surface area contributed by atoms with Gasteiger partial charge in [-0.25, -0.2) is 4.98 Å². The van der Waals surface area contributed by atoms with Crippen LogP contribution in [0.25, 0.3) is 11.0 Å². The van der Waals surface area contributed by atoms with Crippen molar-refractivity contribution in [2.24, 2.45) is 0 Å². The molecular weight excluding hydrogens is 466 g/mol. The number of nitrogens with one attached hydrogen (secondary N) is 1. The second-order valence-corrected chi connectivity index (χ2v) is 9.81. The third-order valence-electron chi connectivity index (χ3n) is 7.39. The molecule has 0 saturated carbocycles. The van der Waals surface area contributed by atoms with Gasteiger partial charge in [0.25, 0.3) is 17.4 Å². The molecule has 8 nitrogen and oxygen atoms in total. The maximum atomic E-state index is 13.6.